The Hall–Kier alpha value is -1.53. The molecule has 2 unspecified atom stereocenters. The number of hydrogen-bond donors (Lipinski definition) is 0. The van der Waals surface area contributed by atoms with Gasteiger partial charge in [-0.05, 0) is 32.6 Å². The molecule has 136 valence electrons. The van der Waals surface area contributed by atoms with Gasteiger partial charge in [0.25, 0.3) is 0 Å². The van der Waals surface area contributed by atoms with Gasteiger partial charge in [-0.1, -0.05) is 12.2 Å². The third kappa shape index (κ3) is 2.75. The molecular formula is C19H24O6. The topological polar surface area (TPSA) is 82.2 Å². The molecule has 0 radical (unpaired) electrons. The number of hydrogen-bond acceptors (Lipinski definition) is 6. The fourth-order valence-corrected chi connectivity index (χ4v) is 4.59. The highest BCUT2D eigenvalue weighted by Crippen LogP contribution is 2.53. The Bertz CT molecular complexity index is 669. The molecule has 4 bridgehead atoms. The summed E-state index contributed by atoms with van der Waals surface area (Å²) in [5.74, 6) is -0.390. The van der Waals surface area contributed by atoms with Crippen LogP contribution in [0.4, 0.5) is 0 Å². The number of epoxide rings is 1. The summed E-state index contributed by atoms with van der Waals surface area (Å²) in [4.78, 5) is 37.1. The van der Waals surface area contributed by atoms with Gasteiger partial charge in [-0.25, -0.2) is 4.79 Å². The lowest BCUT2D eigenvalue weighted by atomic mass is 9.84. The van der Waals surface area contributed by atoms with Crippen LogP contribution in [0, 0.1) is 5.92 Å². The number of allylic oxidation sites excluding steroid dienone is 1. The van der Waals surface area contributed by atoms with Crippen molar-refractivity contribution in [3.63, 3.8) is 0 Å². The van der Waals surface area contributed by atoms with Crippen molar-refractivity contribution in [3.05, 3.63) is 12.2 Å². The molecule has 0 amide bonds. The molecule has 4 rings (SSSR count). The van der Waals surface area contributed by atoms with Gasteiger partial charge < -0.3 is 14.2 Å². The zero-order valence-electron chi connectivity index (χ0n) is 14.7. The first-order chi connectivity index (χ1) is 11.7. The molecule has 0 spiro atoms. The quantitative estimate of drug-likeness (QED) is 0.409. The highest BCUT2D eigenvalue weighted by Gasteiger charge is 2.73. The number of ether oxygens (including phenoxy) is 3. The predicted molar refractivity (Wildman–Crippen MR) is 86.8 cm³/mol. The molecule has 4 fully saturated rings. The summed E-state index contributed by atoms with van der Waals surface area (Å²) in [6, 6.07) is 0. The van der Waals surface area contributed by atoms with E-state index in [1.54, 1.807) is 0 Å². The van der Waals surface area contributed by atoms with E-state index in [1.807, 2.05) is 13.8 Å². The van der Waals surface area contributed by atoms with Crippen LogP contribution in [0.2, 0.25) is 0 Å². The molecule has 6 nitrogen and oxygen atoms in total. The van der Waals surface area contributed by atoms with Gasteiger partial charge in [0.2, 0.25) is 0 Å². The maximum absolute atomic E-state index is 12.5. The van der Waals surface area contributed by atoms with E-state index in [-0.39, 0.29) is 48.5 Å². The SMILES string of the molecule is C=C(C)[C@H]1CC[C@@]23O[C@@H]2C(CC2(C)CC(=O)[C@H](CC(=O)C1)O2)OC3=O. The highest BCUT2D eigenvalue weighted by molar-refractivity contribution is 5.92. The number of fused-ring (bicyclic) bond motifs is 2. The summed E-state index contributed by atoms with van der Waals surface area (Å²) in [6.07, 6.45) is 0.945. The van der Waals surface area contributed by atoms with E-state index in [0.717, 1.165) is 5.57 Å². The van der Waals surface area contributed by atoms with Crippen molar-refractivity contribution in [2.75, 3.05) is 0 Å². The Labute approximate surface area is 146 Å². The molecule has 0 aromatic heterocycles. The second kappa shape index (κ2) is 5.48. The van der Waals surface area contributed by atoms with E-state index in [4.69, 9.17) is 14.2 Å². The highest BCUT2D eigenvalue weighted by atomic mass is 16.7. The van der Waals surface area contributed by atoms with Crippen molar-refractivity contribution in [1.82, 2.24) is 0 Å². The maximum atomic E-state index is 12.5. The molecule has 25 heavy (non-hydrogen) atoms. The van der Waals surface area contributed by atoms with Crippen molar-refractivity contribution in [2.24, 2.45) is 5.92 Å². The molecule has 0 aromatic rings. The molecule has 0 N–H and O–H groups in total. The monoisotopic (exact) mass is 348 g/mol. The van der Waals surface area contributed by atoms with Crippen LogP contribution < -0.4 is 0 Å². The minimum Gasteiger partial charge on any atom is -0.457 e. The molecule has 0 aliphatic carbocycles. The molecule has 4 aliphatic rings. The van der Waals surface area contributed by atoms with Gasteiger partial charge in [0.05, 0.1) is 5.60 Å². The number of carbonyl (C=O) groups excluding carboxylic acids is 3. The lowest BCUT2D eigenvalue weighted by Gasteiger charge is -2.27. The molecule has 4 saturated heterocycles. The first-order valence-corrected chi connectivity index (χ1v) is 8.99. The number of rotatable bonds is 1. The average molecular weight is 348 g/mol. The summed E-state index contributed by atoms with van der Waals surface area (Å²) in [6.45, 7) is 7.72. The average Bonchev–Trinajstić information content (AvgIpc) is 3.10. The van der Waals surface area contributed by atoms with E-state index >= 15 is 0 Å². The van der Waals surface area contributed by atoms with Crippen LogP contribution in [0.15, 0.2) is 12.2 Å². The van der Waals surface area contributed by atoms with Crippen LogP contribution >= 0.6 is 0 Å². The molecule has 4 heterocycles. The number of carbonyl (C=O) groups is 3. The van der Waals surface area contributed by atoms with Crippen molar-refractivity contribution in [2.45, 2.75) is 81.9 Å². The van der Waals surface area contributed by atoms with Gasteiger partial charge in [-0.2, -0.15) is 0 Å². The lowest BCUT2D eigenvalue weighted by Crippen LogP contribution is -2.33. The molecule has 0 saturated carbocycles. The van der Waals surface area contributed by atoms with Crippen LogP contribution in [-0.4, -0.2) is 47.0 Å². The number of ketones is 2. The van der Waals surface area contributed by atoms with Gasteiger partial charge in [0.1, 0.15) is 24.1 Å². The van der Waals surface area contributed by atoms with Crippen LogP contribution in [-0.2, 0) is 28.6 Å². The summed E-state index contributed by atoms with van der Waals surface area (Å²) in [5, 5.41) is 0. The molecule has 6 atom stereocenters. The predicted octanol–water partition coefficient (Wildman–Crippen LogP) is 1.89. The minimum atomic E-state index is -0.867. The van der Waals surface area contributed by atoms with Crippen molar-refractivity contribution in [3.8, 4) is 0 Å². The molecular weight excluding hydrogens is 324 g/mol. The summed E-state index contributed by atoms with van der Waals surface area (Å²) < 4.78 is 17.3. The first kappa shape index (κ1) is 16.9. The van der Waals surface area contributed by atoms with E-state index in [0.29, 0.717) is 25.7 Å². The van der Waals surface area contributed by atoms with E-state index in [2.05, 4.69) is 6.58 Å². The Morgan fingerprint density at radius 1 is 1.20 bits per heavy atom. The van der Waals surface area contributed by atoms with Crippen molar-refractivity contribution in [1.29, 1.82) is 0 Å². The third-order valence-corrected chi connectivity index (χ3v) is 6.10. The Morgan fingerprint density at radius 2 is 1.96 bits per heavy atom. The Morgan fingerprint density at radius 3 is 2.64 bits per heavy atom. The smallest absolute Gasteiger partial charge is 0.341 e. The number of Topliss-reactive ketones (excluding diaryl/α,β-unsaturated/α-hetero) is 2. The number of esters is 1. The van der Waals surface area contributed by atoms with Crippen molar-refractivity contribution < 1.29 is 28.6 Å². The zero-order chi connectivity index (χ0) is 18.0. The second-order valence-corrected chi connectivity index (χ2v) is 8.30. The summed E-state index contributed by atoms with van der Waals surface area (Å²) in [5.41, 5.74) is -0.673. The Balaban J connectivity index is 1.62. The lowest BCUT2D eigenvalue weighted by molar-refractivity contribution is -0.158. The minimum absolute atomic E-state index is 0.00773. The summed E-state index contributed by atoms with van der Waals surface area (Å²) in [7, 11) is 0. The van der Waals surface area contributed by atoms with Gasteiger partial charge >= 0.3 is 5.97 Å². The zero-order valence-corrected chi connectivity index (χ0v) is 14.7. The normalized spacial score (nSPS) is 46.6. The standard InChI is InChI=1S/C19H24O6/c1-10(2)11-4-5-19-16(25-19)15(23-17(19)22)9-18(3)8-13(21)14(24-18)7-12(20)6-11/h11,14-16H,1,4-9H2,2-3H3/t11-,14-,15?,16+,18?,19+/m0/s1. The molecule has 6 heteroatoms. The van der Waals surface area contributed by atoms with Gasteiger partial charge in [0, 0.05) is 25.7 Å². The van der Waals surface area contributed by atoms with Crippen LogP contribution in [0.3, 0.4) is 0 Å². The molecule has 0 aromatic carbocycles. The van der Waals surface area contributed by atoms with E-state index < -0.39 is 17.3 Å². The van der Waals surface area contributed by atoms with Crippen LogP contribution in [0.5, 0.6) is 0 Å². The van der Waals surface area contributed by atoms with Crippen LogP contribution in [0.25, 0.3) is 0 Å². The van der Waals surface area contributed by atoms with E-state index in [9.17, 15) is 14.4 Å². The first-order valence-electron chi connectivity index (χ1n) is 8.99. The fourth-order valence-electron chi connectivity index (χ4n) is 4.59. The van der Waals surface area contributed by atoms with Gasteiger partial charge in [-0.3, -0.25) is 9.59 Å². The van der Waals surface area contributed by atoms with Gasteiger partial charge in [-0.15, -0.1) is 0 Å². The second-order valence-electron chi connectivity index (χ2n) is 8.30. The van der Waals surface area contributed by atoms with Gasteiger partial charge in [0.15, 0.2) is 11.4 Å². The maximum Gasteiger partial charge on any atom is 0.341 e. The van der Waals surface area contributed by atoms with E-state index in [1.165, 1.54) is 0 Å². The van der Waals surface area contributed by atoms with Crippen molar-refractivity contribution >= 4 is 17.5 Å². The molecule has 4 aliphatic heterocycles. The van der Waals surface area contributed by atoms with Crippen LogP contribution in [0.1, 0.15) is 52.4 Å². The fraction of sp³-hybridized carbons (Fsp3) is 0.737. The third-order valence-electron chi connectivity index (χ3n) is 6.10. The largest absolute Gasteiger partial charge is 0.457 e. The summed E-state index contributed by atoms with van der Waals surface area (Å²) >= 11 is 0. The Kier molecular flexibility index (Phi) is 3.71.